The largest absolute Gasteiger partial charge is 0.531 e. The molecule has 0 aliphatic carbocycles. The van der Waals surface area contributed by atoms with E-state index in [4.69, 9.17) is 13.6 Å². The van der Waals surface area contributed by atoms with Gasteiger partial charge in [-0.25, -0.2) is 9.55 Å². The molecule has 21 heavy (non-hydrogen) atoms. The van der Waals surface area contributed by atoms with Crippen molar-refractivity contribution in [3.63, 3.8) is 0 Å². The number of aryl methyl sites for hydroxylation is 1. The van der Waals surface area contributed by atoms with E-state index in [1.165, 1.54) is 0 Å². The summed E-state index contributed by atoms with van der Waals surface area (Å²) in [7, 11) is -3.64. The Morgan fingerprint density at radius 2 is 1.67 bits per heavy atom. The molecule has 0 saturated carbocycles. The average molecular weight is 317 g/mol. The lowest BCUT2D eigenvalue weighted by Gasteiger charge is -2.21. The van der Waals surface area contributed by atoms with E-state index in [0.717, 1.165) is 18.8 Å². The summed E-state index contributed by atoms with van der Waals surface area (Å²) >= 11 is 0. The Balaban J connectivity index is 3.04. The van der Waals surface area contributed by atoms with E-state index in [2.05, 4.69) is 9.97 Å². The number of hydrogen-bond donors (Lipinski definition) is 0. The van der Waals surface area contributed by atoms with Crippen molar-refractivity contribution in [2.45, 2.75) is 34.6 Å². The molecule has 1 aromatic heterocycles. The summed E-state index contributed by atoms with van der Waals surface area (Å²) in [5.74, 6) is 0.726. The predicted octanol–water partition coefficient (Wildman–Crippen LogP) is 3.19. The van der Waals surface area contributed by atoms with Gasteiger partial charge < -0.3 is 9.42 Å². The highest BCUT2D eigenvalue weighted by Crippen LogP contribution is 2.48. The molecule has 0 radical (unpaired) electrons. The summed E-state index contributed by atoms with van der Waals surface area (Å²) in [6.45, 7) is 11.3. The third kappa shape index (κ3) is 5.26. The third-order valence-electron chi connectivity index (χ3n) is 2.64. The fraction of sp³-hybridized carbons (Fsp3) is 0.692. The topological polar surface area (TPSA) is 73.8 Å². The molecule has 0 saturated heterocycles. The van der Waals surface area contributed by atoms with Crippen molar-refractivity contribution >= 4 is 13.8 Å². The summed E-state index contributed by atoms with van der Waals surface area (Å²) in [5.41, 5.74) is 0.724. The van der Waals surface area contributed by atoms with E-state index < -0.39 is 7.82 Å². The molecule has 1 aromatic rings. The van der Waals surface area contributed by atoms with Gasteiger partial charge in [-0.3, -0.25) is 9.05 Å². The zero-order valence-corrected chi connectivity index (χ0v) is 14.2. The Kier molecular flexibility index (Phi) is 7.08. The minimum Gasteiger partial charge on any atom is -0.385 e. The van der Waals surface area contributed by atoms with Crippen LogP contribution in [0.25, 0.3) is 0 Å². The SMILES string of the molecule is CCOP(=O)(OCC)Oc1cc(C)nc(N(CC)CC)n1. The first-order valence-electron chi connectivity index (χ1n) is 7.17. The summed E-state index contributed by atoms with van der Waals surface area (Å²) in [4.78, 5) is 10.6. The molecule has 7 nitrogen and oxygen atoms in total. The lowest BCUT2D eigenvalue weighted by atomic mass is 10.4. The maximum Gasteiger partial charge on any atom is 0.531 e. The highest BCUT2D eigenvalue weighted by atomic mass is 31.2. The van der Waals surface area contributed by atoms with Gasteiger partial charge in [0.15, 0.2) is 0 Å². The molecule has 0 unspecified atom stereocenters. The van der Waals surface area contributed by atoms with Crippen LogP contribution in [0.3, 0.4) is 0 Å². The molecule has 0 aliphatic rings. The van der Waals surface area contributed by atoms with Crippen LogP contribution < -0.4 is 9.42 Å². The van der Waals surface area contributed by atoms with Gasteiger partial charge in [-0.2, -0.15) is 4.98 Å². The van der Waals surface area contributed by atoms with Gasteiger partial charge in [0.2, 0.25) is 11.8 Å². The van der Waals surface area contributed by atoms with E-state index in [1.54, 1.807) is 19.9 Å². The van der Waals surface area contributed by atoms with Crippen LogP contribution in [0, 0.1) is 6.92 Å². The molecule has 1 heterocycles. The van der Waals surface area contributed by atoms with Gasteiger partial charge in [-0.15, -0.1) is 0 Å². The lowest BCUT2D eigenvalue weighted by Crippen LogP contribution is -2.24. The second-order valence-corrected chi connectivity index (χ2v) is 5.79. The summed E-state index contributed by atoms with van der Waals surface area (Å²) in [5, 5.41) is 0. The normalized spacial score (nSPS) is 11.5. The van der Waals surface area contributed by atoms with Crippen LogP contribution in [-0.4, -0.2) is 36.3 Å². The van der Waals surface area contributed by atoms with Crippen LogP contribution in [0.5, 0.6) is 5.88 Å². The van der Waals surface area contributed by atoms with Gasteiger partial charge in [-0.05, 0) is 34.6 Å². The minimum absolute atomic E-state index is 0.189. The molecule has 0 fully saturated rings. The van der Waals surface area contributed by atoms with Crippen molar-refractivity contribution in [3.8, 4) is 5.88 Å². The first kappa shape index (κ1) is 17.9. The molecule has 8 heteroatoms. The first-order valence-corrected chi connectivity index (χ1v) is 8.63. The predicted molar refractivity (Wildman–Crippen MR) is 81.8 cm³/mol. The van der Waals surface area contributed by atoms with Crippen molar-refractivity contribution in [2.24, 2.45) is 0 Å². The number of phosphoric acid groups is 1. The maximum atomic E-state index is 12.4. The van der Waals surface area contributed by atoms with E-state index in [9.17, 15) is 4.57 Å². The van der Waals surface area contributed by atoms with E-state index in [0.29, 0.717) is 5.95 Å². The molecule has 0 atom stereocenters. The van der Waals surface area contributed by atoms with E-state index >= 15 is 0 Å². The highest BCUT2D eigenvalue weighted by molar-refractivity contribution is 7.48. The molecule has 0 spiro atoms. The third-order valence-corrected chi connectivity index (χ3v) is 4.20. The Morgan fingerprint density at radius 1 is 1.10 bits per heavy atom. The van der Waals surface area contributed by atoms with Crippen LogP contribution in [0.2, 0.25) is 0 Å². The number of hydrogen-bond acceptors (Lipinski definition) is 7. The van der Waals surface area contributed by atoms with Gasteiger partial charge in [0.05, 0.1) is 13.2 Å². The summed E-state index contributed by atoms with van der Waals surface area (Å²) in [6, 6.07) is 1.61. The fourth-order valence-corrected chi connectivity index (χ4v) is 2.87. The smallest absolute Gasteiger partial charge is 0.385 e. The minimum atomic E-state index is -3.64. The molecule has 0 aromatic carbocycles. The van der Waals surface area contributed by atoms with E-state index in [-0.39, 0.29) is 19.1 Å². The molecule has 1 rings (SSSR count). The van der Waals surface area contributed by atoms with Gasteiger partial charge in [0, 0.05) is 24.8 Å². The Hall–Kier alpha value is -1.17. The zero-order chi connectivity index (χ0) is 15.9. The second-order valence-electron chi connectivity index (χ2n) is 4.19. The standard InChI is InChI=1S/C13H24N3O4P/c1-6-16(7-2)13-14-11(5)10-12(15-13)20-21(17,18-8-3)19-9-4/h10H,6-9H2,1-5H3. The van der Waals surface area contributed by atoms with Gasteiger partial charge in [0.25, 0.3) is 0 Å². The zero-order valence-electron chi connectivity index (χ0n) is 13.3. The first-order chi connectivity index (χ1) is 9.97. The van der Waals surface area contributed by atoms with Crippen molar-refractivity contribution in [2.75, 3.05) is 31.2 Å². The maximum absolute atomic E-state index is 12.4. The second kappa shape index (κ2) is 8.32. The molecular formula is C13H24N3O4P. The highest BCUT2D eigenvalue weighted by Gasteiger charge is 2.28. The number of phosphoric ester groups is 1. The van der Waals surface area contributed by atoms with Gasteiger partial charge in [-0.1, -0.05) is 0 Å². The molecule has 0 aliphatic heterocycles. The van der Waals surface area contributed by atoms with Crippen molar-refractivity contribution in [3.05, 3.63) is 11.8 Å². The van der Waals surface area contributed by atoms with Crippen LogP contribution in [0.15, 0.2) is 6.07 Å². The quantitative estimate of drug-likeness (QED) is 0.647. The van der Waals surface area contributed by atoms with Crippen LogP contribution in [-0.2, 0) is 13.6 Å². The Bertz CT molecular complexity index is 484. The summed E-state index contributed by atoms with van der Waals surface area (Å²) in [6.07, 6.45) is 0. The molecule has 0 N–H and O–H groups in total. The molecular weight excluding hydrogens is 293 g/mol. The number of aromatic nitrogens is 2. The van der Waals surface area contributed by atoms with E-state index in [1.807, 2.05) is 25.7 Å². The molecule has 120 valence electrons. The molecule has 0 bridgehead atoms. The number of nitrogens with zero attached hydrogens (tertiary/aromatic N) is 3. The average Bonchev–Trinajstić information content (AvgIpc) is 2.39. The van der Waals surface area contributed by atoms with Gasteiger partial charge >= 0.3 is 7.82 Å². The summed E-state index contributed by atoms with van der Waals surface area (Å²) < 4.78 is 28.0. The van der Waals surface area contributed by atoms with Crippen LogP contribution >= 0.6 is 7.82 Å². The van der Waals surface area contributed by atoms with Gasteiger partial charge in [0.1, 0.15) is 0 Å². The van der Waals surface area contributed by atoms with Crippen molar-refractivity contribution in [1.29, 1.82) is 0 Å². The lowest BCUT2D eigenvalue weighted by molar-refractivity contribution is 0.166. The fourth-order valence-electron chi connectivity index (χ4n) is 1.74. The van der Waals surface area contributed by atoms with Crippen LogP contribution in [0.1, 0.15) is 33.4 Å². The van der Waals surface area contributed by atoms with Crippen molar-refractivity contribution in [1.82, 2.24) is 9.97 Å². The number of anilines is 1. The monoisotopic (exact) mass is 317 g/mol. The Morgan fingerprint density at radius 3 is 2.14 bits per heavy atom. The van der Waals surface area contributed by atoms with Crippen LogP contribution in [0.4, 0.5) is 5.95 Å². The molecule has 0 amide bonds. The number of rotatable bonds is 9. The van der Waals surface area contributed by atoms with Crippen molar-refractivity contribution < 1.29 is 18.1 Å². The Labute approximate surface area is 126 Å².